The summed E-state index contributed by atoms with van der Waals surface area (Å²) in [4.78, 5) is 54.5. The minimum Gasteiger partial charge on any atom is -0.480 e. The third-order valence-corrected chi connectivity index (χ3v) is 13.8. The number of alkyl halides is 2. The second kappa shape index (κ2) is 15.5. The summed E-state index contributed by atoms with van der Waals surface area (Å²) in [6.07, 6.45) is 6.10. The van der Waals surface area contributed by atoms with E-state index in [9.17, 15) is 14.4 Å². The van der Waals surface area contributed by atoms with Gasteiger partial charge >= 0.3 is 5.92 Å². The number of nitrogens with one attached hydrogen (secondary N) is 3. The van der Waals surface area contributed by atoms with Gasteiger partial charge in [-0.25, -0.2) is 13.8 Å². The molecule has 1 saturated carbocycles. The fourth-order valence-corrected chi connectivity index (χ4v) is 9.97. The van der Waals surface area contributed by atoms with Gasteiger partial charge in [0.15, 0.2) is 6.61 Å². The SMILES string of the molecule is Cn1nc(C2CCC(=O)NC2=O)c2cccc(N3CCC(CN4CCN(c5ncc(Br)c(Nc6ccc7c(c6)c6c(c(=O)n7C)OCC(F)(F)C(C7CC7)N6)n5)CC4)CC3)c21. The molecule has 10 rings (SSSR count). The van der Waals surface area contributed by atoms with Crippen molar-refractivity contribution in [2.24, 2.45) is 25.9 Å². The normalized spacial score (nSPS) is 22.4. The predicted octanol–water partition coefficient (Wildman–Crippen LogP) is 5.50. The van der Waals surface area contributed by atoms with E-state index in [0.717, 1.165) is 80.9 Å². The molecule has 4 fully saturated rings. The van der Waals surface area contributed by atoms with Gasteiger partial charge in [0.1, 0.15) is 5.82 Å². The molecule has 2 unspecified atom stereocenters. The van der Waals surface area contributed by atoms with Crippen molar-refractivity contribution in [2.45, 2.75) is 56.4 Å². The number of benzene rings is 2. The van der Waals surface area contributed by atoms with Gasteiger partial charge in [-0.2, -0.15) is 10.1 Å². The Hall–Kier alpha value is -5.36. The monoisotopic (exact) mass is 899 g/mol. The van der Waals surface area contributed by atoms with Crippen LogP contribution in [-0.4, -0.2) is 105 Å². The van der Waals surface area contributed by atoms with Gasteiger partial charge < -0.3 is 29.7 Å². The molecule has 0 spiro atoms. The van der Waals surface area contributed by atoms with Crippen molar-refractivity contribution in [3.8, 4) is 5.75 Å². The third kappa shape index (κ3) is 7.44. The first-order valence-corrected chi connectivity index (χ1v) is 22.0. The van der Waals surface area contributed by atoms with Crippen LogP contribution in [0.5, 0.6) is 5.75 Å². The number of aromatic nitrogens is 5. The second-order valence-electron chi connectivity index (χ2n) is 17.2. The number of para-hydroxylation sites is 1. The van der Waals surface area contributed by atoms with Gasteiger partial charge in [0.2, 0.25) is 23.5 Å². The van der Waals surface area contributed by atoms with Crippen molar-refractivity contribution in [3.63, 3.8) is 0 Å². The molecule has 0 bridgehead atoms. The zero-order valence-electron chi connectivity index (χ0n) is 34.1. The fraction of sp³-hybridized carbons (Fsp3) is 0.488. The van der Waals surface area contributed by atoms with Crippen LogP contribution in [0.2, 0.25) is 0 Å². The summed E-state index contributed by atoms with van der Waals surface area (Å²) >= 11 is 3.61. The summed E-state index contributed by atoms with van der Waals surface area (Å²) in [6, 6.07) is 10.6. The van der Waals surface area contributed by atoms with Crippen LogP contribution in [0.15, 0.2) is 51.9 Å². The van der Waals surface area contributed by atoms with E-state index in [2.05, 4.69) is 57.6 Å². The molecular formula is C43H48BrF2N11O4. The largest absolute Gasteiger partial charge is 0.480 e. The van der Waals surface area contributed by atoms with Gasteiger partial charge in [-0.1, -0.05) is 12.1 Å². The van der Waals surface area contributed by atoms with Crippen LogP contribution in [0.25, 0.3) is 21.8 Å². The molecule has 3 saturated heterocycles. The van der Waals surface area contributed by atoms with Crippen molar-refractivity contribution in [1.29, 1.82) is 0 Å². The summed E-state index contributed by atoms with van der Waals surface area (Å²) in [5, 5.41) is 15.3. The van der Waals surface area contributed by atoms with E-state index < -0.39 is 30.0 Å². The van der Waals surface area contributed by atoms with Crippen LogP contribution >= 0.6 is 15.9 Å². The van der Waals surface area contributed by atoms with Crippen LogP contribution < -0.4 is 36.0 Å². The van der Waals surface area contributed by atoms with E-state index in [-0.39, 0.29) is 23.5 Å². The smallest absolute Gasteiger partial charge is 0.301 e. The molecule has 3 N–H and O–H groups in total. The summed E-state index contributed by atoms with van der Waals surface area (Å²) in [6.45, 7) is 5.41. The fourth-order valence-electron chi connectivity index (χ4n) is 9.68. The number of aryl methyl sites for hydroxylation is 2. The van der Waals surface area contributed by atoms with Gasteiger partial charge in [-0.05, 0) is 84.1 Å². The average Bonchev–Trinajstić information content (AvgIpc) is 4.05. The lowest BCUT2D eigenvalue weighted by Crippen LogP contribution is -2.49. The Labute approximate surface area is 358 Å². The van der Waals surface area contributed by atoms with E-state index in [4.69, 9.17) is 14.8 Å². The molecule has 3 aromatic heterocycles. The number of pyridine rings is 1. The highest BCUT2D eigenvalue weighted by molar-refractivity contribution is 9.10. The number of halogens is 3. The molecule has 7 heterocycles. The number of hydrogen-bond acceptors (Lipinski definition) is 12. The number of fused-ring (bicyclic) bond motifs is 4. The van der Waals surface area contributed by atoms with Crippen LogP contribution in [0.4, 0.5) is 37.6 Å². The highest BCUT2D eigenvalue weighted by atomic mass is 79.9. The number of nitrogens with zero attached hydrogens (tertiary/aromatic N) is 8. The second-order valence-corrected chi connectivity index (χ2v) is 18.1. The maximum atomic E-state index is 15.2. The molecule has 320 valence electrons. The summed E-state index contributed by atoms with van der Waals surface area (Å²) in [7, 11) is 3.55. The summed E-state index contributed by atoms with van der Waals surface area (Å²) in [5.41, 5.74) is 3.99. The number of amides is 2. The summed E-state index contributed by atoms with van der Waals surface area (Å²) < 4.78 is 39.9. The minimum absolute atomic E-state index is 0.0906. The lowest BCUT2D eigenvalue weighted by molar-refractivity contribution is -0.134. The third-order valence-electron chi connectivity index (χ3n) is 13.2. The summed E-state index contributed by atoms with van der Waals surface area (Å²) in [5.74, 6) is -2.56. The highest BCUT2D eigenvalue weighted by Crippen LogP contribution is 2.46. The number of carbonyl (C=O) groups is 2. The number of piperazine rings is 1. The van der Waals surface area contributed by atoms with E-state index in [0.29, 0.717) is 70.1 Å². The molecule has 15 nitrogen and oxygen atoms in total. The van der Waals surface area contributed by atoms with E-state index in [1.807, 2.05) is 36.0 Å². The van der Waals surface area contributed by atoms with E-state index in [1.54, 1.807) is 19.3 Å². The van der Waals surface area contributed by atoms with Crippen molar-refractivity contribution in [3.05, 3.63) is 63.1 Å². The van der Waals surface area contributed by atoms with E-state index in [1.165, 1.54) is 4.57 Å². The Morgan fingerprint density at radius 3 is 2.49 bits per heavy atom. The zero-order valence-corrected chi connectivity index (χ0v) is 35.7. The quantitative estimate of drug-likeness (QED) is 0.169. The van der Waals surface area contributed by atoms with Crippen LogP contribution in [0.1, 0.15) is 50.1 Å². The molecule has 1 aliphatic carbocycles. The van der Waals surface area contributed by atoms with Crippen molar-refractivity contribution < 1.29 is 23.1 Å². The zero-order chi connectivity index (χ0) is 42.2. The number of rotatable bonds is 8. The molecule has 0 radical (unpaired) electrons. The molecule has 18 heteroatoms. The number of carbonyl (C=O) groups excluding carboxylic acids is 2. The van der Waals surface area contributed by atoms with E-state index >= 15 is 8.78 Å². The number of anilines is 5. The Kier molecular flexibility index (Phi) is 10.1. The average molecular weight is 901 g/mol. The standard InChI is InChI=1S/C43H48BrF2N11O4/c1-53-31-10-8-26(20-29(31)35-37(41(53)60)61-23-43(45,46)38(50-35)25-6-7-25)48-39-30(44)21-47-42(51-39)57-18-16-55(17-19-57)22-24-12-14-56(15-13-24)32-5-3-4-27-34(52-54(2)36(27)32)28-9-11-33(58)49-40(28)59/h3-5,8,10,20-21,24-25,28,38,50H,6-7,9,11-19,22-23H2,1-2H3,(H,47,48,51)(H,49,58,59). The lowest BCUT2D eigenvalue weighted by atomic mass is 9.92. The Bertz CT molecular complexity index is 2620. The van der Waals surface area contributed by atoms with Gasteiger partial charge in [0, 0.05) is 89.0 Å². The van der Waals surface area contributed by atoms with Crippen molar-refractivity contribution >= 4 is 78.4 Å². The Morgan fingerprint density at radius 2 is 1.74 bits per heavy atom. The van der Waals surface area contributed by atoms with Gasteiger partial charge in [0.05, 0.1) is 44.5 Å². The number of hydrogen-bond donors (Lipinski definition) is 3. The number of ether oxygens (including phenoxy) is 1. The van der Waals surface area contributed by atoms with Crippen LogP contribution in [0, 0.1) is 11.8 Å². The van der Waals surface area contributed by atoms with Crippen LogP contribution in [-0.2, 0) is 23.7 Å². The van der Waals surface area contributed by atoms with Crippen LogP contribution in [0.3, 0.4) is 0 Å². The number of piperidine rings is 2. The molecule has 4 aliphatic heterocycles. The predicted molar refractivity (Wildman–Crippen MR) is 232 cm³/mol. The molecule has 2 atom stereocenters. The first kappa shape index (κ1) is 39.8. The maximum Gasteiger partial charge on any atom is 0.301 e. The lowest BCUT2D eigenvalue weighted by Gasteiger charge is -2.39. The topological polar surface area (TPSA) is 155 Å². The molecule has 2 amide bonds. The molecule has 5 aliphatic rings. The number of imide groups is 1. The van der Waals surface area contributed by atoms with Gasteiger partial charge in [-0.3, -0.25) is 29.3 Å². The first-order valence-electron chi connectivity index (χ1n) is 21.2. The maximum absolute atomic E-state index is 15.2. The highest BCUT2D eigenvalue weighted by Gasteiger charge is 2.51. The Balaban J connectivity index is 0.777. The van der Waals surface area contributed by atoms with Gasteiger partial charge in [0.25, 0.3) is 5.56 Å². The molecule has 61 heavy (non-hydrogen) atoms. The van der Waals surface area contributed by atoms with Crippen molar-refractivity contribution in [1.82, 2.24) is 34.5 Å². The molecule has 5 aromatic rings. The molecular weight excluding hydrogens is 852 g/mol. The first-order chi connectivity index (χ1) is 29.4. The van der Waals surface area contributed by atoms with Crippen molar-refractivity contribution in [2.75, 3.05) is 72.9 Å². The Morgan fingerprint density at radius 1 is 0.951 bits per heavy atom. The minimum atomic E-state index is -3.12. The molecule has 2 aromatic carbocycles. The van der Waals surface area contributed by atoms with Gasteiger partial charge in [-0.15, -0.1) is 0 Å².